The number of carbonyl (C=O) groups excluding carboxylic acids is 1. The summed E-state index contributed by atoms with van der Waals surface area (Å²) in [7, 11) is 0. The third-order valence-corrected chi connectivity index (χ3v) is 3.00. The van der Waals surface area contributed by atoms with Crippen molar-refractivity contribution in [1.82, 2.24) is 10.6 Å². The fourth-order valence-electron chi connectivity index (χ4n) is 1.69. The molecule has 4 nitrogen and oxygen atoms in total. The average molecular weight is 307 g/mol. The Labute approximate surface area is 122 Å². The highest BCUT2D eigenvalue weighted by atomic mass is 35.5. The highest BCUT2D eigenvalue weighted by Gasteiger charge is 2.20. The number of hydrogen-bond donors (Lipinski definition) is 2. The van der Waals surface area contributed by atoms with Crippen molar-refractivity contribution in [2.75, 3.05) is 19.6 Å². The molecule has 20 heavy (non-hydrogen) atoms. The topological polar surface area (TPSA) is 50.4 Å². The zero-order valence-corrected chi connectivity index (χ0v) is 11.8. The van der Waals surface area contributed by atoms with Gasteiger partial charge in [0.1, 0.15) is 5.75 Å². The van der Waals surface area contributed by atoms with Gasteiger partial charge in [0.25, 0.3) is 5.91 Å². The van der Waals surface area contributed by atoms with E-state index in [1.165, 1.54) is 6.07 Å². The molecule has 1 aromatic rings. The van der Waals surface area contributed by atoms with Crippen molar-refractivity contribution in [3.63, 3.8) is 0 Å². The lowest BCUT2D eigenvalue weighted by molar-refractivity contribution is -0.127. The number of benzene rings is 1. The monoisotopic (exact) mass is 306 g/mol. The maximum absolute atomic E-state index is 13.0. The van der Waals surface area contributed by atoms with E-state index in [0.29, 0.717) is 12.5 Å². The standard InChI is InChI=1S/C13H16F2N2O2.ClH/c1-8(13(18)17-7-9-5-16-6-9)19-10-2-3-11(14)12(15)4-10;/h2-4,8-9,16H,5-7H2,1H3,(H,17,18);1H. The molecule has 0 aromatic heterocycles. The fraction of sp³-hybridized carbons (Fsp3) is 0.462. The van der Waals surface area contributed by atoms with Crippen LogP contribution in [-0.4, -0.2) is 31.6 Å². The Morgan fingerprint density at radius 2 is 2.15 bits per heavy atom. The molecule has 112 valence electrons. The van der Waals surface area contributed by atoms with E-state index < -0.39 is 17.7 Å². The summed E-state index contributed by atoms with van der Waals surface area (Å²) in [5.41, 5.74) is 0. The lowest BCUT2D eigenvalue weighted by Crippen LogP contribution is -2.49. The third-order valence-electron chi connectivity index (χ3n) is 3.00. The van der Waals surface area contributed by atoms with Crippen LogP contribution in [0.2, 0.25) is 0 Å². The number of carbonyl (C=O) groups is 1. The molecule has 2 rings (SSSR count). The SMILES string of the molecule is CC(Oc1ccc(F)c(F)c1)C(=O)NCC1CNC1.Cl. The molecular formula is C13H17ClF2N2O2. The van der Waals surface area contributed by atoms with Gasteiger partial charge in [-0.05, 0) is 19.1 Å². The first kappa shape index (κ1) is 16.7. The molecule has 0 radical (unpaired) electrons. The van der Waals surface area contributed by atoms with Crippen LogP contribution in [0.5, 0.6) is 5.75 Å². The summed E-state index contributed by atoms with van der Waals surface area (Å²) >= 11 is 0. The molecule has 0 spiro atoms. The van der Waals surface area contributed by atoms with Gasteiger partial charge in [0.15, 0.2) is 17.7 Å². The first-order valence-electron chi connectivity index (χ1n) is 6.16. The van der Waals surface area contributed by atoms with Gasteiger partial charge in [-0.25, -0.2) is 8.78 Å². The van der Waals surface area contributed by atoms with E-state index in [1.54, 1.807) is 6.92 Å². The molecule has 0 aliphatic carbocycles. The van der Waals surface area contributed by atoms with Crippen molar-refractivity contribution in [3.8, 4) is 5.75 Å². The molecule has 0 saturated carbocycles. The van der Waals surface area contributed by atoms with Gasteiger partial charge in [0, 0.05) is 31.6 Å². The second-order valence-electron chi connectivity index (χ2n) is 4.61. The van der Waals surface area contributed by atoms with Crippen molar-refractivity contribution < 1.29 is 18.3 Å². The van der Waals surface area contributed by atoms with Gasteiger partial charge in [-0.2, -0.15) is 0 Å². The van der Waals surface area contributed by atoms with Crippen molar-refractivity contribution in [1.29, 1.82) is 0 Å². The summed E-state index contributed by atoms with van der Waals surface area (Å²) in [6.45, 7) is 3.96. The number of ether oxygens (including phenoxy) is 1. The minimum Gasteiger partial charge on any atom is -0.481 e. The summed E-state index contributed by atoms with van der Waals surface area (Å²) < 4.78 is 31.0. The van der Waals surface area contributed by atoms with Crippen LogP contribution < -0.4 is 15.4 Å². The van der Waals surface area contributed by atoms with Crippen molar-refractivity contribution in [2.45, 2.75) is 13.0 Å². The molecule has 1 unspecified atom stereocenters. The van der Waals surface area contributed by atoms with Crippen LogP contribution in [0.1, 0.15) is 6.92 Å². The van der Waals surface area contributed by atoms with Crippen LogP contribution in [0, 0.1) is 17.6 Å². The summed E-state index contributed by atoms with van der Waals surface area (Å²) in [6.07, 6.45) is -0.752. The molecule has 1 amide bonds. The summed E-state index contributed by atoms with van der Waals surface area (Å²) in [5, 5.41) is 5.86. The first-order chi connectivity index (χ1) is 9.06. The molecule has 1 aliphatic rings. The predicted molar refractivity (Wildman–Crippen MR) is 73.1 cm³/mol. The quantitative estimate of drug-likeness (QED) is 0.866. The smallest absolute Gasteiger partial charge is 0.260 e. The summed E-state index contributed by atoms with van der Waals surface area (Å²) in [4.78, 5) is 11.7. The Bertz CT molecular complexity index is 470. The molecule has 0 bridgehead atoms. The molecule has 1 fully saturated rings. The van der Waals surface area contributed by atoms with Gasteiger partial charge in [-0.15, -0.1) is 12.4 Å². The average Bonchev–Trinajstić information content (AvgIpc) is 2.31. The van der Waals surface area contributed by atoms with Crippen molar-refractivity contribution in [2.24, 2.45) is 5.92 Å². The highest BCUT2D eigenvalue weighted by Crippen LogP contribution is 2.16. The van der Waals surface area contributed by atoms with Crippen molar-refractivity contribution in [3.05, 3.63) is 29.8 Å². The zero-order chi connectivity index (χ0) is 13.8. The minimum atomic E-state index is -0.995. The minimum absolute atomic E-state index is 0. The Hall–Kier alpha value is -1.40. The first-order valence-corrected chi connectivity index (χ1v) is 6.16. The van der Waals surface area contributed by atoms with Gasteiger partial charge < -0.3 is 15.4 Å². The van der Waals surface area contributed by atoms with Gasteiger partial charge in [0.2, 0.25) is 0 Å². The van der Waals surface area contributed by atoms with Crippen LogP contribution in [-0.2, 0) is 4.79 Å². The van der Waals surface area contributed by atoms with E-state index in [2.05, 4.69) is 10.6 Å². The van der Waals surface area contributed by atoms with E-state index in [0.717, 1.165) is 25.2 Å². The van der Waals surface area contributed by atoms with Crippen molar-refractivity contribution >= 4 is 18.3 Å². The van der Waals surface area contributed by atoms with E-state index in [1.807, 2.05) is 0 Å². The van der Waals surface area contributed by atoms with Crippen LogP contribution in [0.3, 0.4) is 0 Å². The van der Waals surface area contributed by atoms with Crippen LogP contribution >= 0.6 is 12.4 Å². The summed E-state index contributed by atoms with van der Waals surface area (Å²) in [5.74, 6) is -1.62. The third kappa shape index (κ3) is 4.31. The van der Waals surface area contributed by atoms with Gasteiger partial charge >= 0.3 is 0 Å². The number of rotatable bonds is 5. The second kappa shape index (κ2) is 7.40. The number of amides is 1. The van der Waals surface area contributed by atoms with Gasteiger partial charge in [-0.3, -0.25) is 4.79 Å². The maximum Gasteiger partial charge on any atom is 0.260 e. The van der Waals surface area contributed by atoms with Gasteiger partial charge in [-0.1, -0.05) is 0 Å². The number of hydrogen-bond acceptors (Lipinski definition) is 3. The van der Waals surface area contributed by atoms with Gasteiger partial charge in [0.05, 0.1) is 0 Å². The predicted octanol–water partition coefficient (Wildman–Crippen LogP) is 1.49. The summed E-state index contributed by atoms with van der Waals surface area (Å²) in [6, 6.07) is 3.18. The zero-order valence-electron chi connectivity index (χ0n) is 11.0. The van der Waals surface area contributed by atoms with E-state index in [4.69, 9.17) is 4.74 Å². The van der Waals surface area contributed by atoms with Crippen LogP contribution in [0.15, 0.2) is 18.2 Å². The molecule has 7 heteroatoms. The van der Waals surface area contributed by atoms with Crippen LogP contribution in [0.4, 0.5) is 8.78 Å². The highest BCUT2D eigenvalue weighted by molar-refractivity contribution is 5.85. The lowest BCUT2D eigenvalue weighted by Gasteiger charge is -2.27. The number of halogens is 3. The Balaban J connectivity index is 0.00000200. The lowest BCUT2D eigenvalue weighted by atomic mass is 10.0. The fourth-order valence-corrected chi connectivity index (χ4v) is 1.69. The molecule has 1 heterocycles. The molecule has 1 aliphatic heterocycles. The Morgan fingerprint density at radius 1 is 1.45 bits per heavy atom. The maximum atomic E-state index is 13.0. The second-order valence-corrected chi connectivity index (χ2v) is 4.61. The Kier molecular flexibility index (Phi) is 6.16. The number of nitrogens with one attached hydrogen (secondary N) is 2. The normalized spacial score (nSPS) is 15.8. The molecular weight excluding hydrogens is 290 g/mol. The van der Waals surface area contributed by atoms with Crippen LogP contribution in [0.25, 0.3) is 0 Å². The molecule has 1 aromatic carbocycles. The van der Waals surface area contributed by atoms with E-state index in [-0.39, 0.29) is 24.1 Å². The van der Waals surface area contributed by atoms with E-state index >= 15 is 0 Å². The molecule has 1 atom stereocenters. The largest absolute Gasteiger partial charge is 0.481 e. The van der Waals surface area contributed by atoms with E-state index in [9.17, 15) is 13.6 Å². The molecule has 1 saturated heterocycles. The Morgan fingerprint density at radius 3 is 2.70 bits per heavy atom. The molecule has 2 N–H and O–H groups in total.